The molecule has 2 aromatic carbocycles. The second kappa shape index (κ2) is 6.82. The van der Waals surface area contributed by atoms with Crippen molar-refractivity contribution in [2.24, 2.45) is 0 Å². The van der Waals surface area contributed by atoms with Gasteiger partial charge in [-0.3, -0.25) is 9.59 Å². The first kappa shape index (κ1) is 18.3. The van der Waals surface area contributed by atoms with Crippen molar-refractivity contribution in [2.75, 3.05) is 18.0 Å². The van der Waals surface area contributed by atoms with E-state index in [1.54, 1.807) is 24.4 Å². The fourth-order valence-corrected chi connectivity index (χ4v) is 3.66. The number of halogens is 3. The highest BCUT2D eigenvalue weighted by molar-refractivity contribution is 6.41. The maximum atomic E-state index is 13.5. The largest absolute Gasteiger partial charge is 0.418 e. The smallest absolute Gasteiger partial charge is 0.377 e. The summed E-state index contributed by atoms with van der Waals surface area (Å²) in [5.74, 6) is -1.50. The maximum Gasteiger partial charge on any atom is 0.418 e. The van der Waals surface area contributed by atoms with E-state index in [0.717, 1.165) is 38.1 Å². The van der Waals surface area contributed by atoms with Crippen LogP contribution in [0.1, 0.15) is 34.3 Å². The summed E-state index contributed by atoms with van der Waals surface area (Å²) in [5, 5.41) is 0. The first-order chi connectivity index (χ1) is 13.4. The lowest BCUT2D eigenvalue weighted by atomic mass is 9.93. The lowest BCUT2D eigenvalue weighted by Gasteiger charge is -2.31. The molecular weight excluding hydrogens is 369 g/mol. The second-order valence-electron chi connectivity index (χ2n) is 6.79. The molecule has 2 aromatic rings. The van der Waals surface area contributed by atoms with Crippen LogP contribution < -0.4 is 4.90 Å². The number of carbonyl (C=O) groups excluding carboxylic acids is 2. The van der Waals surface area contributed by atoms with E-state index in [1.165, 1.54) is 18.2 Å². The molecule has 0 radical (unpaired) electrons. The van der Waals surface area contributed by atoms with Crippen molar-refractivity contribution in [1.29, 1.82) is 0 Å². The summed E-state index contributed by atoms with van der Waals surface area (Å²) in [6, 6.07) is 11.2. The average Bonchev–Trinajstić information content (AvgIpc) is 3.18. The van der Waals surface area contributed by atoms with Gasteiger partial charge in [-0.25, -0.2) is 4.90 Å². The molecule has 0 saturated carbocycles. The molecule has 0 aliphatic carbocycles. The van der Waals surface area contributed by atoms with Crippen molar-refractivity contribution in [3.05, 3.63) is 71.4 Å². The van der Waals surface area contributed by atoms with Gasteiger partial charge in [0.15, 0.2) is 0 Å². The van der Waals surface area contributed by atoms with Crippen LogP contribution in [0.25, 0.3) is 5.57 Å². The fraction of sp³-hybridized carbons (Fsp3) is 0.238. The third-order valence-corrected chi connectivity index (χ3v) is 4.99. The molecule has 0 atom stereocenters. The van der Waals surface area contributed by atoms with Gasteiger partial charge < -0.3 is 4.90 Å². The average molecular weight is 386 g/mol. The van der Waals surface area contributed by atoms with E-state index < -0.39 is 29.2 Å². The Morgan fingerprint density at radius 2 is 1.43 bits per heavy atom. The third kappa shape index (κ3) is 3.06. The first-order valence-electron chi connectivity index (χ1n) is 8.98. The van der Waals surface area contributed by atoms with Crippen molar-refractivity contribution in [3.63, 3.8) is 0 Å². The highest BCUT2D eigenvalue weighted by Crippen LogP contribution is 2.40. The number of carbonyl (C=O) groups is 2. The van der Waals surface area contributed by atoms with E-state index in [2.05, 4.69) is 0 Å². The molecular formula is C21H17F3N2O2. The number of hydrogen-bond donors (Lipinski definition) is 0. The highest BCUT2D eigenvalue weighted by Gasteiger charge is 2.41. The summed E-state index contributed by atoms with van der Waals surface area (Å²) in [6.07, 6.45) is -1.05. The van der Waals surface area contributed by atoms with Crippen LogP contribution in [-0.2, 0) is 11.0 Å². The topological polar surface area (TPSA) is 40.6 Å². The van der Waals surface area contributed by atoms with Crippen LogP contribution in [0.15, 0.2) is 54.7 Å². The van der Waals surface area contributed by atoms with Crippen LogP contribution in [0, 0.1) is 0 Å². The van der Waals surface area contributed by atoms with Crippen molar-refractivity contribution in [2.45, 2.75) is 19.0 Å². The van der Waals surface area contributed by atoms with Crippen LogP contribution in [0.5, 0.6) is 0 Å². The predicted octanol–water partition coefficient (Wildman–Crippen LogP) is 4.33. The van der Waals surface area contributed by atoms with Gasteiger partial charge >= 0.3 is 6.18 Å². The molecule has 0 unspecified atom stereocenters. The Morgan fingerprint density at radius 3 is 2.11 bits per heavy atom. The van der Waals surface area contributed by atoms with Gasteiger partial charge in [-0.15, -0.1) is 0 Å². The minimum absolute atomic E-state index is 0.213. The van der Waals surface area contributed by atoms with Crippen molar-refractivity contribution >= 4 is 23.1 Å². The molecule has 1 fully saturated rings. The number of anilines is 1. The zero-order valence-electron chi connectivity index (χ0n) is 14.9. The van der Waals surface area contributed by atoms with Gasteiger partial charge in [0.1, 0.15) is 0 Å². The summed E-state index contributed by atoms with van der Waals surface area (Å²) in [4.78, 5) is 28.8. The summed E-state index contributed by atoms with van der Waals surface area (Å²) >= 11 is 0. The number of benzene rings is 2. The standard InChI is InChI=1S/C21H17F3N2O2/c22-21(23,24)17-9-3-4-10-18(17)26-19(27)15-8-2-1-7-14(15)16(20(26)28)13-25-11-5-6-12-25/h1-4,7-10,13H,5-6,11-12H2/b16-13-. The Kier molecular flexibility index (Phi) is 4.45. The SMILES string of the molecule is O=C1/C(=C\N2CCCC2)c2ccccc2C(=O)N1c1ccccc1C(F)(F)F. The fourth-order valence-electron chi connectivity index (χ4n) is 3.66. The first-order valence-corrected chi connectivity index (χ1v) is 8.98. The number of likely N-dealkylation sites (tertiary alicyclic amines) is 1. The number of hydrogen-bond acceptors (Lipinski definition) is 3. The maximum absolute atomic E-state index is 13.5. The molecule has 1 saturated heterocycles. The molecule has 144 valence electrons. The summed E-state index contributed by atoms with van der Waals surface area (Å²) in [5.41, 5.74) is -0.577. The minimum atomic E-state index is -4.69. The number of imide groups is 1. The monoisotopic (exact) mass is 386 g/mol. The van der Waals surface area contributed by atoms with Gasteiger partial charge in [0.25, 0.3) is 11.8 Å². The number of amides is 2. The van der Waals surface area contributed by atoms with Crippen molar-refractivity contribution in [1.82, 2.24) is 4.90 Å². The third-order valence-electron chi connectivity index (χ3n) is 4.99. The zero-order valence-corrected chi connectivity index (χ0v) is 14.9. The Balaban J connectivity index is 1.89. The molecule has 4 nitrogen and oxygen atoms in total. The van der Waals surface area contributed by atoms with E-state index in [1.807, 2.05) is 4.90 Å². The molecule has 0 bridgehead atoms. The highest BCUT2D eigenvalue weighted by atomic mass is 19.4. The van der Waals surface area contributed by atoms with E-state index in [0.29, 0.717) is 10.5 Å². The van der Waals surface area contributed by atoms with E-state index in [4.69, 9.17) is 0 Å². The van der Waals surface area contributed by atoms with Crippen LogP contribution in [0.3, 0.4) is 0 Å². The van der Waals surface area contributed by atoms with Crippen LogP contribution in [0.4, 0.5) is 18.9 Å². The summed E-state index contributed by atoms with van der Waals surface area (Å²) in [7, 11) is 0. The normalized spacial score (nSPS) is 18.8. The lowest BCUT2D eigenvalue weighted by molar-refractivity contribution is -0.137. The molecule has 2 heterocycles. The van der Waals surface area contributed by atoms with Gasteiger partial charge in [-0.2, -0.15) is 13.2 Å². The molecule has 2 aliphatic heterocycles. The number of para-hydroxylation sites is 1. The summed E-state index contributed by atoms with van der Waals surface area (Å²) < 4.78 is 40.5. The second-order valence-corrected chi connectivity index (χ2v) is 6.79. The minimum Gasteiger partial charge on any atom is -0.377 e. The lowest BCUT2D eigenvalue weighted by Crippen LogP contribution is -2.43. The van der Waals surface area contributed by atoms with Gasteiger partial charge in [0.2, 0.25) is 0 Å². The molecule has 2 aliphatic rings. The molecule has 4 rings (SSSR count). The summed E-state index contributed by atoms with van der Waals surface area (Å²) in [6.45, 7) is 1.54. The van der Waals surface area contributed by atoms with Gasteiger partial charge in [-0.1, -0.05) is 30.3 Å². The molecule has 28 heavy (non-hydrogen) atoms. The zero-order chi connectivity index (χ0) is 19.9. The van der Waals surface area contributed by atoms with E-state index >= 15 is 0 Å². The molecule has 2 amide bonds. The van der Waals surface area contributed by atoms with Crippen LogP contribution in [-0.4, -0.2) is 29.8 Å². The Bertz CT molecular complexity index is 976. The molecule has 0 N–H and O–H groups in total. The predicted molar refractivity (Wildman–Crippen MR) is 98.5 cm³/mol. The molecule has 0 spiro atoms. The number of rotatable bonds is 2. The van der Waals surface area contributed by atoms with E-state index in [9.17, 15) is 22.8 Å². The Morgan fingerprint density at radius 1 is 0.821 bits per heavy atom. The number of nitrogens with zero attached hydrogens (tertiary/aromatic N) is 2. The van der Waals surface area contributed by atoms with E-state index in [-0.39, 0.29) is 11.1 Å². The quantitative estimate of drug-likeness (QED) is 0.570. The van der Waals surface area contributed by atoms with Crippen molar-refractivity contribution in [3.8, 4) is 0 Å². The van der Waals surface area contributed by atoms with Crippen LogP contribution >= 0.6 is 0 Å². The van der Waals surface area contributed by atoms with Gasteiger partial charge in [0, 0.05) is 30.4 Å². The van der Waals surface area contributed by atoms with Gasteiger partial charge in [-0.05, 0) is 31.0 Å². The molecule has 7 heteroatoms. The number of alkyl halides is 3. The van der Waals surface area contributed by atoms with Crippen molar-refractivity contribution < 1.29 is 22.8 Å². The molecule has 0 aromatic heterocycles. The number of fused-ring (bicyclic) bond motifs is 1. The van der Waals surface area contributed by atoms with Gasteiger partial charge in [0.05, 0.1) is 16.8 Å². The van der Waals surface area contributed by atoms with Crippen LogP contribution in [0.2, 0.25) is 0 Å². The Hall–Kier alpha value is -3.09. The Labute approximate surface area is 159 Å².